The molecule has 0 spiro atoms. The van der Waals surface area contributed by atoms with Gasteiger partial charge >= 0.3 is 33.0 Å². The Morgan fingerprint density at radius 3 is 2.16 bits per heavy atom. The Morgan fingerprint density at radius 1 is 1.32 bits per heavy atom. The van der Waals surface area contributed by atoms with Gasteiger partial charge < -0.3 is 5.11 Å². The van der Waals surface area contributed by atoms with E-state index < -0.39 is 7.81 Å². The van der Waals surface area contributed by atoms with E-state index in [9.17, 15) is 25.2 Å². The summed E-state index contributed by atoms with van der Waals surface area (Å²) in [6, 6.07) is 0. The van der Waals surface area contributed by atoms with E-state index in [1.807, 2.05) is 6.08 Å². The molecule has 0 saturated carbocycles. The first-order valence-corrected chi connectivity index (χ1v) is 7.90. The van der Waals surface area contributed by atoms with Crippen LogP contribution in [-0.2, 0) is 13.0 Å². The Labute approximate surface area is 110 Å². The maximum atomic E-state index is 9.87. The molecule has 1 aromatic rings. The van der Waals surface area contributed by atoms with Gasteiger partial charge in [-0.05, 0) is 6.08 Å². The Hall–Kier alpha value is -0.660. The quantitative estimate of drug-likeness (QED) is 0.375. The van der Waals surface area contributed by atoms with E-state index in [0.29, 0.717) is 0 Å². The zero-order valence-corrected chi connectivity index (χ0v) is 11.7. The topological polar surface area (TPSA) is 24.1 Å². The average molecular weight is 329 g/mol. The van der Waals surface area contributed by atoms with Crippen molar-refractivity contribution in [3.05, 3.63) is 28.7 Å². The van der Waals surface area contributed by atoms with Crippen LogP contribution in [0.3, 0.4) is 0 Å². The van der Waals surface area contributed by atoms with Crippen LogP contribution in [0.25, 0.3) is 0 Å². The minimum atomic E-state index is -10.7. The van der Waals surface area contributed by atoms with Crippen molar-refractivity contribution in [3.63, 3.8) is 0 Å². The number of hydrogen-bond donors (Lipinski definition) is 1. The molecular weight excluding hydrogens is 315 g/mol. The van der Waals surface area contributed by atoms with Crippen molar-refractivity contribution in [1.82, 2.24) is 0 Å². The normalized spacial score (nSPS) is 14.9. The fraction of sp³-hybridized carbons (Fsp3) is 0.444. The van der Waals surface area contributed by atoms with E-state index in [0.717, 1.165) is 13.0 Å². The molecule has 19 heavy (non-hydrogen) atoms. The Kier molecular flexibility index (Phi) is 5.19. The van der Waals surface area contributed by atoms with Gasteiger partial charge in [0.1, 0.15) is 0 Å². The third kappa shape index (κ3) is 12.1. The first-order valence-electron chi connectivity index (χ1n) is 4.99. The molecule has 1 rings (SSSR count). The molecule has 1 N–H and O–H groups in total. The van der Waals surface area contributed by atoms with E-state index in [1.165, 1.54) is 10.6 Å². The summed E-state index contributed by atoms with van der Waals surface area (Å²) in [6.07, 6.45) is 2.64. The van der Waals surface area contributed by atoms with Crippen LogP contribution < -0.4 is 4.57 Å². The number of halogens is 6. The van der Waals surface area contributed by atoms with Gasteiger partial charge in [-0.2, -0.15) is 4.57 Å². The SMILES string of the molecule is C=CC[n+]1csc(CCO)c1C.F[P-](F)(F)(F)(F)F. The maximum absolute atomic E-state index is 10.7. The molecule has 10 heteroatoms. The molecule has 2 nitrogen and oxygen atoms in total. The van der Waals surface area contributed by atoms with Crippen LogP contribution in [0.5, 0.6) is 0 Å². The molecule has 0 aliphatic rings. The van der Waals surface area contributed by atoms with Crippen molar-refractivity contribution in [1.29, 1.82) is 0 Å². The zero-order valence-electron chi connectivity index (χ0n) is 10.0. The van der Waals surface area contributed by atoms with Gasteiger partial charge in [0.2, 0.25) is 5.51 Å². The van der Waals surface area contributed by atoms with E-state index >= 15 is 0 Å². The first-order chi connectivity index (χ1) is 8.24. The van der Waals surface area contributed by atoms with Gasteiger partial charge in [-0.3, -0.25) is 0 Å². The summed E-state index contributed by atoms with van der Waals surface area (Å²) in [5.41, 5.74) is 3.32. The van der Waals surface area contributed by atoms with Crippen LogP contribution in [0.15, 0.2) is 18.2 Å². The van der Waals surface area contributed by atoms with Crippen molar-refractivity contribution in [2.75, 3.05) is 6.61 Å². The molecule has 0 atom stereocenters. The van der Waals surface area contributed by atoms with Gasteiger partial charge in [0.15, 0.2) is 12.2 Å². The number of nitrogens with zero attached hydrogens (tertiary/aromatic N) is 1. The molecule has 0 fully saturated rings. The van der Waals surface area contributed by atoms with Gasteiger partial charge in [-0.1, -0.05) is 17.9 Å². The number of thiazole rings is 1. The summed E-state index contributed by atoms with van der Waals surface area (Å²) in [7, 11) is -10.7. The minimum absolute atomic E-state index is 0.232. The molecular formula is C9H14F6NOPS. The van der Waals surface area contributed by atoms with Crippen LogP contribution >= 0.6 is 19.1 Å². The third-order valence-corrected chi connectivity index (χ3v) is 2.97. The van der Waals surface area contributed by atoms with Crippen LogP contribution in [0.1, 0.15) is 10.6 Å². The molecule has 0 aliphatic heterocycles. The van der Waals surface area contributed by atoms with Gasteiger partial charge in [0, 0.05) is 20.0 Å². The summed E-state index contributed by atoms with van der Waals surface area (Å²) in [5, 5.41) is 8.76. The molecule has 1 heterocycles. The van der Waals surface area contributed by atoms with Gasteiger partial charge in [0.25, 0.3) is 0 Å². The van der Waals surface area contributed by atoms with Crippen molar-refractivity contribution in [3.8, 4) is 0 Å². The van der Waals surface area contributed by atoms with Crippen molar-refractivity contribution >= 4 is 19.1 Å². The first kappa shape index (κ1) is 18.3. The van der Waals surface area contributed by atoms with Gasteiger partial charge in [-0.25, -0.2) is 0 Å². The number of rotatable bonds is 4. The summed E-state index contributed by atoms with van der Waals surface area (Å²) in [4.78, 5) is 1.26. The number of aliphatic hydroxyl groups excluding tert-OH is 1. The fourth-order valence-electron chi connectivity index (χ4n) is 1.11. The Morgan fingerprint density at radius 2 is 1.79 bits per heavy atom. The second-order valence-corrected chi connectivity index (χ2v) is 6.46. The molecule has 0 amide bonds. The summed E-state index contributed by atoms with van der Waals surface area (Å²) in [5.74, 6) is 0. The number of hydrogen-bond acceptors (Lipinski definition) is 2. The standard InChI is InChI=1S/C9H14NOS.F6P/c1-3-5-10-7-12-9(4-6-11)8(10)2;1-7(2,3,4,5)6/h3,7,11H,1,4-6H2,2H3;/q+1;-1. The predicted octanol–water partition coefficient (Wildman–Crippen LogP) is 4.45. The number of aliphatic hydroxyl groups is 1. The van der Waals surface area contributed by atoms with Crippen molar-refractivity contribution < 1.29 is 34.9 Å². The van der Waals surface area contributed by atoms with Crippen LogP contribution in [0, 0.1) is 6.92 Å². The van der Waals surface area contributed by atoms with Gasteiger partial charge in [-0.15, -0.1) is 0 Å². The number of aromatic nitrogens is 1. The van der Waals surface area contributed by atoms with E-state index in [4.69, 9.17) is 5.11 Å². The van der Waals surface area contributed by atoms with Crippen LogP contribution in [0.2, 0.25) is 0 Å². The Balaban J connectivity index is 0.000000399. The molecule has 0 aliphatic carbocycles. The zero-order chi connectivity index (χ0) is 15.4. The van der Waals surface area contributed by atoms with Crippen LogP contribution in [-0.4, -0.2) is 11.7 Å². The summed E-state index contributed by atoms with van der Waals surface area (Å²) in [6.45, 7) is 6.85. The van der Waals surface area contributed by atoms with E-state index in [1.54, 1.807) is 11.3 Å². The monoisotopic (exact) mass is 329 g/mol. The van der Waals surface area contributed by atoms with E-state index in [-0.39, 0.29) is 6.61 Å². The molecule has 1 aromatic heterocycles. The van der Waals surface area contributed by atoms with E-state index in [2.05, 4.69) is 23.6 Å². The summed E-state index contributed by atoms with van der Waals surface area (Å²) < 4.78 is 61.3. The predicted molar refractivity (Wildman–Crippen MR) is 63.8 cm³/mol. The van der Waals surface area contributed by atoms with Crippen LogP contribution in [0.4, 0.5) is 25.2 Å². The second kappa shape index (κ2) is 5.38. The average Bonchev–Trinajstić information content (AvgIpc) is 2.46. The second-order valence-electron chi connectivity index (χ2n) is 3.60. The molecule has 0 aromatic carbocycles. The fourth-order valence-corrected chi connectivity index (χ4v) is 2.11. The molecule has 0 unspecified atom stereocenters. The molecule has 114 valence electrons. The van der Waals surface area contributed by atoms with Crippen molar-refractivity contribution in [2.45, 2.75) is 19.9 Å². The van der Waals surface area contributed by atoms with Crippen molar-refractivity contribution in [2.24, 2.45) is 0 Å². The molecule has 0 saturated heterocycles. The molecule has 0 radical (unpaired) electrons. The number of allylic oxidation sites excluding steroid dienone is 1. The van der Waals surface area contributed by atoms with Gasteiger partial charge in [0.05, 0.1) is 4.88 Å². The third-order valence-electron chi connectivity index (χ3n) is 1.82. The molecule has 0 bridgehead atoms. The Bertz CT molecular complexity index is 429. The summed E-state index contributed by atoms with van der Waals surface area (Å²) >= 11 is 1.70.